The van der Waals surface area contributed by atoms with Gasteiger partial charge < -0.3 is 0 Å². The van der Waals surface area contributed by atoms with Crippen molar-refractivity contribution in [3.05, 3.63) is 37.4 Å². The maximum Gasteiger partial charge on any atom is 0.282 e. The van der Waals surface area contributed by atoms with Crippen molar-refractivity contribution in [1.29, 1.82) is 0 Å². The van der Waals surface area contributed by atoms with Crippen molar-refractivity contribution in [2.75, 3.05) is 0 Å². The van der Waals surface area contributed by atoms with Gasteiger partial charge in [-0.05, 0) is 35.1 Å². The molecule has 0 aliphatic heterocycles. The van der Waals surface area contributed by atoms with Crippen LogP contribution in [-0.4, -0.2) is 4.92 Å². The Hall–Kier alpha value is -0.650. The lowest BCUT2D eigenvalue weighted by Crippen LogP contribution is -1.92. The van der Waals surface area contributed by atoms with Crippen LogP contribution >= 0.6 is 22.6 Å². The highest BCUT2D eigenvalue weighted by Crippen LogP contribution is 2.22. The van der Waals surface area contributed by atoms with Gasteiger partial charge >= 0.3 is 0 Å². The summed E-state index contributed by atoms with van der Waals surface area (Å²) < 4.78 is 0.718. The first-order valence-electron chi connectivity index (χ1n) is 3.02. The van der Waals surface area contributed by atoms with E-state index in [4.69, 9.17) is 0 Å². The van der Waals surface area contributed by atoms with E-state index in [1.54, 1.807) is 6.07 Å². The predicted octanol–water partition coefficient (Wildman–Crippen LogP) is 2.51. The van der Waals surface area contributed by atoms with Gasteiger partial charge in [0.1, 0.15) is 0 Å². The zero-order chi connectivity index (χ0) is 8.43. The summed E-state index contributed by atoms with van der Waals surface area (Å²) in [4.78, 5) is 10.0. The minimum absolute atomic E-state index is 0.186. The molecule has 58 valence electrons. The SMILES string of the molecule is Cc1cccc([N+](=O)[O-])c1I. The van der Waals surface area contributed by atoms with E-state index >= 15 is 0 Å². The average Bonchev–Trinajstić information content (AvgIpc) is 1.94. The van der Waals surface area contributed by atoms with Crippen LogP contribution in [0.2, 0.25) is 0 Å². The Balaban J connectivity index is 3.27. The van der Waals surface area contributed by atoms with Crippen LogP contribution in [0.4, 0.5) is 5.69 Å². The molecule has 0 saturated heterocycles. The minimum atomic E-state index is -0.366. The van der Waals surface area contributed by atoms with E-state index in [0.29, 0.717) is 0 Å². The fourth-order valence-electron chi connectivity index (χ4n) is 0.773. The highest BCUT2D eigenvalue weighted by Gasteiger charge is 2.11. The van der Waals surface area contributed by atoms with E-state index in [2.05, 4.69) is 0 Å². The van der Waals surface area contributed by atoms with Gasteiger partial charge in [-0.25, -0.2) is 0 Å². The zero-order valence-electron chi connectivity index (χ0n) is 5.87. The molecule has 1 rings (SSSR count). The van der Waals surface area contributed by atoms with E-state index in [1.807, 2.05) is 35.6 Å². The Labute approximate surface area is 77.7 Å². The molecule has 0 unspecified atom stereocenters. The molecule has 0 aromatic heterocycles. The van der Waals surface area contributed by atoms with E-state index in [1.165, 1.54) is 6.07 Å². The fraction of sp³-hybridized carbons (Fsp3) is 0.143. The van der Waals surface area contributed by atoms with Crippen LogP contribution in [0.25, 0.3) is 0 Å². The minimum Gasteiger partial charge on any atom is -0.258 e. The third-order valence-electron chi connectivity index (χ3n) is 1.37. The third-order valence-corrected chi connectivity index (χ3v) is 2.77. The standard InChI is InChI=1S/C7H6INO2/c1-5-3-2-4-6(7(5)8)9(10)11/h2-4H,1H3. The van der Waals surface area contributed by atoms with Crippen molar-refractivity contribution in [2.24, 2.45) is 0 Å². The predicted molar refractivity (Wildman–Crippen MR) is 50.6 cm³/mol. The van der Waals surface area contributed by atoms with Crippen LogP contribution in [0.15, 0.2) is 18.2 Å². The largest absolute Gasteiger partial charge is 0.282 e. The zero-order valence-corrected chi connectivity index (χ0v) is 8.03. The van der Waals surface area contributed by atoms with Crippen molar-refractivity contribution in [3.8, 4) is 0 Å². The van der Waals surface area contributed by atoms with E-state index in [9.17, 15) is 10.1 Å². The molecule has 11 heavy (non-hydrogen) atoms. The maximum atomic E-state index is 10.4. The van der Waals surface area contributed by atoms with E-state index in [0.717, 1.165) is 9.13 Å². The molecule has 0 saturated carbocycles. The number of hydrogen-bond acceptors (Lipinski definition) is 2. The Morgan fingerprint density at radius 1 is 1.55 bits per heavy atom. The second-order valence-corrected chi connectivity index (χ2v) is 3.24. The van der Waals surface area contributed by atoms with Gasteiger partial charge in [-0.1, -0.05) is 12.1 Å². The van der Waals surface area contributed by atoms with Gasteiger partial charge in [0.25, 0.3) is 5.69 Å². The smallest absolute Gasteiger partial charge is 0.258 e. The van der Waals surface area contributed by atoms with Crippen LogP contribution in [0.3, 0.4) is 0 Å². The van der Waals surface area contributed by atoms with Crippen molar-refractivity contribution in [3.63, 3.8) is 0 Å². The van der Waals surface area contributed by atoms with Crippen molar-refractivity contribution in [2.45, 2.75) is 6.92 Å². The van der Waals surface area contributed by atoms with Gasteiger partial charge in [0.05, 0.1) is 8.49 Å². The Bertz CT molecular complexity index is 298. The second-order valence-electron chi connectivity index (χ2n) is 2.17. The number of nitro groups is 1. The Morgan fingerprint density at radius 3 is 2.64 bits per heavy atom. The Kier molecular flexibility index (Phi) is 2.43. The summed E-state index contributed by atoms with van der Waals surface area (Å²) in [6.07, 6.45) is 0. The molecule has 0 aliphatic rings. The second kappa shape index (κ2) is 3.17. The maximum absolute atomic E-state index is 10.4. The molecular formula is C7H6INO2. The molecule has 3 nitrogen and oxygen atoms in total. The summed E-state index contributed by atoms with van der Waals surface area (Å²) >= 11 is 1.98. The summed E-state index contributed by atoms with van der Waals surface area (Å²) in [5.41, 5.74) is 1.13. The highest BCUT2D eigenvalue weighted by atomic mass is 127. The molecule has 4 heteroatoms. The van der Waals surface area contributed by atoms with Gasteiger partial charge in [-0.2, -0.15) is 0 Å². The summed E-state index contributed by atoms with van der Waals surface area (Å²) in [5, 5.41) is 10.4. The number of nitrogens with zero attached hydrogens (tertiary/aromatic N) is 1. The highest BCUT2D eigenvalue weighted by molar-refractivity contribution is 14.1. The number of hydrogen-bond donors (Lipinski definition) is 0. The molecule has 0 atom stereocenters. The molecule has 1 aromatic carbocycles. The van der Waals surface area contributed by atoms with Crippen LogP contribution in [0.1, 0.15) is 5.56 Å². The molecule has 0 radical (unpaired) electrons. The quantitative estimate of drug-likeness (QED) is 0.444. The van der Waals surface area contributed by atoms with Crippen molar-refractivity contribution in [1.82, 2.24) is 0 Å². The fourth-order valence-corrected chi connectivity index (χ4v) is 1.33. The van der Waals surface area contributed by atoms with Crippen LogP contribution < -0.4 is 0 Å². The third kappa shape index (κ3) is 1.68. The first kappa shape index (κ1) is 8.45. The van der Waals surface area contributed by atoms with Crippen LogP contribution in [-0.2, 0) is 0 Å². The lowest BCUT2D eigenvalue weighted by atomic mass is 10.2. The summed E-state index contributed by atoms with van der Waals surface area (Å²) in [7, 11) is 0. The number of halogens is 1. The topological polar surface area (TPSA) is 43.1 Å². The number of aryl methyl sites for hydroxylation is 1. The van der Waals surface area contributed by atoms with Crippen LogP contribution in [0, 0.1) is 20.6 Å². The number of nitro benzene ring substituents is 1. The molecule has 0 bridgehead atoms. The molecular weight excluding hydrogens is 257 g/mol. The first-order chi connectivity index (χ1) is 5.13. The van der Waals surface area contributed by atoms with Gasteiger partial charge in [0.2, 0.25) is 0 Å². The summed E-state index contributed by atoms with van der Waals surface area (Å²) in [6, 6.07) is 5.05. The number of rotatable bonds is 1. The molecule has 0 heterocycles. The molecule has 0 aliphatic carbocycles. The molecule has 0 amide bonds. The van der Waals surface area contributed by atoms with Crippen LogP contribution in [0.5, 0.6) is 0 Å². The average molecular weight is 263 g/mol. The van der Waals surface area contributed by atoms with Crippen molar-refractivity contribution >= 4 is 28.3 Å². The van der Waals surface area contributed by atoms with Gasteiger partial charge in [0, 0.05) is 6.07 Å². The summed E-state index contributed by atoms with van der Waals surface area (Å²) in [6.45, 7) is 1.86. The van der Waals surface area contributed by atoms with Gasteiger partial charge in [0.15, 0.2) is 0 Å². The summed E-state index contributed by atoms with van der Waals surface area (Å²) in [5.74, 6) is 0. The normalized spacial score (nSPS) is 9.64. The molecule has 0 N–H and O–H groups in total. The molecule has 1 aromatic rings. The van der Waals surface area contributed by atoms with E-state index in [-0.39, 0.29) is 10.6 Å². The van der Waals surface area contributed by atoms with E-state index < -0.39 is 0 Å². The van der Waals surface area contributed by atoms with Crippen molar-refractivity contribution < 1.29 is 4.92 Å². The lowest BCUT2D eigenvalue weighted by molar-refractivity contribution is -0.385. The van der Waals surface area contributed by atoms with Gasteiger partial charge in [-0.15, -0.1) is 0 Å². The van der Waals surface area contributed by atoms with Gasteiger partial charge in [-0.3, -0.25) is 10.1 Å². The number of benzene rings is 1. The Morgan fingerprint density at radius 2 is 2.18 bits per heavy atom. The first-order valence-corrected chi connectivity index (χ1v) is 4.10. The molecule has 0 fully saturated rings. The lowest BCUT2D eigenvalue weighted by Gasteiger charge is -1.97. The monoisotopic (exact) mass is 263 g/mol. The molecule has 0 spiro atoms.